The molecule has 0 saturated heterocycles. The van der Waals surface area contributed by atoms with Crippen LogP contribution in [0, 0.1) is 0 Å². The maximum absolute atomic E-state index is 10.9. The van der Waals surface area contributed by atoms with Crippen LogP contribution >= 0.6 is 0 Å². The van der Waals surface area contributed by atoms with Crippen molar-refractivity contribution in [2.75, 3.05) is 0 Å². The maximum Gasteiger partial charge on any atom is 0.0881 e. The van der Waals surface area contributed by atoms with E-state index in [4.69, 9.17) is 0 Å². The molecule has 1 aromatic carbocycles. The fourth-order valence-electron chi connectivity index (χ4n) is 1.88. The van der Waals surface area contributed by atoms with Gasteiger partial charge in [-0.25, -0.2) is 0 Å². The highest BCUT2D eigenvalue weighted by Crippen LogP contribution is 2.24. The van der Waals surface area contributed by atoms with E-state index in [9.17, 15) is 29.7 Å². The summed E-state index contributed by atoms with van der Waals surface area (Å²) < 4.78 is 0. The summed E-state index contributed by atoms with van der Waals surface area (Å²) in [6.07, 6.45) is -0.667. The van der Waals surface area contributed by atoms with E-state index in [0.29, 0.717) is 5.52 Å². The molecule has 0 aliphatic rings. The van der Waals surface area contributed by atoms with Gasteiger partial charge in [0, 0.05) is 23.3 Å². The number of aromatic nitrogens is 1. The number of carbonyl (C=O) groups is 3. The Kier molecular flexibility index (Phi) is 2.95. The summed E-state index contributed by atoms with van der Waals surface area (Å²) in [6, 6.07) is 3.69. The van der Waals surface area contributed by atoms with Gasteiger partial charge in [-0.05, 0) is 23.3 Å². The van der Waals surface area contributed by atoms with Gasteiger partial charge in [-0.1, -0.05) is 6.07 Å². The third kappa shape index (κ3) is 2.25. The molecule has 1 heterocycles. The first kappa shape index (κ1) is 12.6. The summed E-state index contributed by atoms with van der Waals surface area (Å²) in [5.41, 5.74) is -0.385. The normalized spacial score (nSPS) is 10.5. The zero-order valence-corrected chi connectivity index (χ0v) is 9.39. The first-order chi connectivity index (χ1) is 8.90. The lowest BCUT2D eigenvalue weighted by Gasteiger charge is -2.07. The third-order valence-corrected chi connectivity index (χ3v) is 2.67. The van der Waals surface area contributed by atoms with Crippen molar-refractivity contribution >= 4 is 28.8 Å². The van der Waals surface area contributed by atoms with Crippen LogP contribution in [-0.2, 0) is 11.2 Å². The standard InChI is InChI=1S/C12H9NO6/c14-9(15)4-7-6-3-5(11(16)17)1-2-8(6)13-10(7)12(18)19/h1-3,13H,4H2,(H,14,15)(H,16,17)(H,18,19)/p-3. The van der Waals surface area contributed by atoms with Gasteiger partial charge in [-0.3, -0.25) is 0 Å². The number of rotatable bonds is 4. The minimum atomic E-state index is -1.58. The summed E-state index contributed by atoms with van der Waals surface area (Å²) >= 11 is 0. The molecule has 0 fully saturated rings. The minimum absolute atomic E-state index is 0.0851. The van der Waals surface area contributed by atoms with Crippen LogP contribution in [0.1, 0.15) is 26.4 Å². The van der Waals surface area contributed by atoms with Crippen molar-refractivity contribution in [1.82, 2.24) is 4.98 Å². The van der Waals surface area contributed by atoms with Crippen molar-refractivity contribution in [2.24, 2.45) is 0 Å². The van der Waals surface area contributed by atoms with E-state index in [1.54, 1.807) is 0 Å². The van der Waals surface area contributed by atoms with Gasteiger partial charge in [-0.2, -0.15) is 0 Å². The smallest absolute Gasteiger partial charge is 0.0881 e. The monoisotopic (exact) mass is 260 g/mol. The molecule has 19 heavy (non-hydrogen) atoms. The maximum atomic E-state index is 10.9. The summed E-state index contributed by atoms with van der Waals surface area (Å²) in [7, 11) is 0. The molecule has 0 saturated carbocycles. The number of hydrogen-bond acceptors (Lipinski definition) is 6. The van der Waals surface area contributed by atoms with Gasteiger partial charge in [0.05, 0.1) is 17.6 Å². The van der Waals surface area contributed by atoms with Crippen LogP contribution in [0.15, 0.2) is 18.2 Å². The van der Waals surface area contributed by atoms with Gasteiger partial charge in [0.15, 0.2) is 0 Å². The molecule has 1 N–H and O–H groups in total. The van der Waals surface area contributed by atoms with Crippen molar-refractivity contribution in [2.45, 2.75) is 6.42 Å². The molecular weight excluding hydrogens is 254 g/mol. The number of carboxylic acid groups (broad SMARTS) is 3. The first-order valence-corrected chi connectivity index (χ1v) is 5.17. The van der Waals surface area contributed by atoms with Gasteiger partial charge < -0.3 is 34.7 Å². The Hall–Kier alpha value is -2.83. The van der Waals surface area contributed by atoms with Crippen molar-refractivity contribution in [3.63, 3.8) is 0 Å². The SMILES string of the molecule is O=C([O-])Cc1c(C(=O)[O-])[nH]c2ccc(C(=O)[O-])cc12. The molecule has 1 aromatic heterocycles. The number of benzene rings is 1. The van der Waals surface area contributed by atoms with Crippen molar-refractivity contribution < 1.29 is 29.7 Å². The zero-order chi connectivity index (χ0) is 14.2. The number of carbonyl (C=O) groups excluding carboxylic acids is 3. The lowest BCUT2D eigenvalue weighted by molar-refractivity contribution is -0.304. The molecule has 0 amide bonds. The Balaban J connectivity index is 2.73. The van der Waals surface area contributed by atoms with E-state index in [-0.39, 0.29) is 16.5 Å². The molecule has 0 unspecified atom stereocenters. The van der Waals surface area contributed by atoms with Gasteiger partial charge >= 0.3 is 0 Å². The van der Waals surface area contributed by atoms with Crippen molar-refractivity contribution in [1.29, 1.82) is 0 Å². The lowest BCUT2D eigenvalue weighted by Crippen LogP contribution is -2.28. The van der Waals surface area contributed by atoms with E-state index in [1.807, 2.05) is 0 Å². The van der Waals surface area contributed by atoms with Crippen LogP contribution in [0.3, 0.4) is 0 Å². The van der Waals surface area contributed by atoms with E-state index in [2.05, 4.69) is 4.98 Å². The fraction of sp³-hybridized carbons (Fsp3) is 0.0833. The number of aromatic amines is 1. The second-order valence-corrected chi connectivity index (χ2v) is 3.86. The highest BCUT2D eigenvalue weighted by atomic mass is 16.4. The minimum Gasteiger partial charge on any atom is -0.550 e. The topological polar surface area (TPSA) is 136 Å². The highest BCUT2D eigenvalue weighted by molar-refractivity contribution is 6.01. The molecule has 98 valence electrons. The highest BCUT2D eigenvalue weighted by Gasteiger charge is 2.13. The van der Waals surface area contributed by atoms with Crippen LogP contribution in [0.5, 0.6) is 0 Å². The Morgan fingerprint density at radius 3 is 2.26 bits per heavy atom. The van der Waals surface area contributed by atoms with Gasteiger partial charge in [0.25, 0.3) is 0 Å². The predicted molar refractivity (Wildman–Crippen MR) is 55.7 cm³/mol. The number of carboxylic acids is 3. The number of hydrogen-bond donors (Lipinski definition) is 1. The second kappa shape index (κ2) is 4.45. The Morgan fingerprint density at radius 1 is 1.05 bits per heavy atom. The largest absolute Gasteiger partial charge is 0.550 e. The molecule has 0 aliphatic carbocycles. The molecule has 2 aromatic rings. The van der Waals surface area contributed by atoms with E-state index in [1.165, 1.54) is 12.1 Å². The summed E-state index contributed by atoms with van der Waals surface area (Å²) in [5, 5.41) is 32.5. The zero-order valence-electron chi connectivity index (χ0n) is 9.39. The van der Waals surface area contributed by atoms with Gasteiger partial charge in [0.1, 0.15) is 0 Å². The average Bonchev–Trinajstić information content (AvgIpc) is 2.66. The lowest BCUT2D eigenvalue weighted by atomic mass is 10.1. The van der Waals surface area contributed by atoms with Crippen LogP contribution in [0.25, 0.3) is 10.9 Å². The molecule has 2 rings (SSSR count). The van der Waals surface area contributed by atoms with Crippen LogP contribution < -0.4 is 15.3 Å². The number of aromatic carboxylic acids is 2. The predicted octanol–water partition coefficient (Wildman–Crippen LogP) is -2.81. The molecule has 0 bridgehead atoms. The van der Waals surface area contributed by atoms with Crippen LogP contribution in [-0.4, -0.2) is 22.9 Å². The van der Waals surface area contributed by atoms with Crippen LogP contribution in [0.4, 0.5) is 0 Å². The molecular formula is C12H6NO6-3. The first-order valence-electron chi connectivity index (χ1n) is 5.17. The van der Waals surface area contributed by atoms with Gasteiger partial charge in [-0.15, -0.1) is 0 Å². The fourth-order valence-corrected chi connectivity index (χ4v) is 1.88. The van der Waals surface area contributed by atoms with Crippen LogP contribution in [0.2, 0.25) is 0 Å². The molecule has 7 nitrogen and oxygen atoms in total. The molecule has 0 aliphatic heterocycles. The Bertz CT molecular complexity index is 700. The summed E-state index contributed by atoms with van der Waals surface area (Å²) in [4.78, 5) is 34.8. The van der Waals surface area contributed by atoms with E-state index >= 15 is 0 Å². The Morgan fingerprint density at radius 2 is 1.74 bits per heavy atom. The number of fused-ring (bicyclic) bond motifs is 1. The average molecular weight is 260 g/mol. The second-order valence-electron chi connectivity index (χ2n) is 3.86. The van der Waals surface area contributed by atoms with E-state index in [0.717, 1.165) is 6.07 Å². The molecule has 0 spiro atoms. The molecule has 0 radical (unpaired) electrons. The van der Waals surface area contributed by atoms with Crippen molar-refractivity contribution in [3.05, 3.63) is 35.0 Å². The number of nitrogens with one attached hydrogen (secondary N) is 1. The summed E-state index contributed by atoms with van der Waals surface area (Å²) in [6.45, 7) is 0. The van der Waals surface area contributed by atoms with Gasteiger partial charge in [0.2, 0.25) is 0 Å². The van der Waals surface area contributed by atoms with Crippen molar-refractivity contribution in [3.8, 4) is 0 Å². The summed E-state index contributed by atoms with van der Waals surface area (Å²) in [5.74, 6) is -4.51. The Labute approximate surface area is 106 Å². The quantitative estimate of drug-likeness (QED) is 0.629. The third-order valence-electron chi connectivity index (χ3n) is 2.67. The number of aliphatic carboxylic acids is 1. The molecule has 7 heteroatoms. The number of H-pyrrole nitrogens is 1. The molecule has 0 atom stereocenters. The van der Waals surface area contributed by atoms with E-state index < -0.39 is 30.0 Å².